The van der Waals surface area contributed by atoms with E-state index in [2.05, 4.69) is 10.3 Å². The molecular weight excluding hydrogens is 269 g/mol. The fourth-order valence-corrected chi connectivity index (χ4v) is 1.94. The number of ether oxygens (including phenoxy) is 1. The normalized spacial score (nSPS) is 23.2. The number of halogens is 4. The van der Waals surface area contributed by atoms with Crippen molar-refractivity contribution in [2.75, 3.05) is 13.7 Å². The van der Waals surface area contributed by atoms with Crippen LogP contribution in [0, 0.1) is 0 Å². The molecule has 1 aromatic rings. The second kappa shape index (κ2) is 5.42. The lowest BCUT2D eigenvalue weighted by molar-refractivity contribution is -0.141. The van der Waals surface area contributed by atoms with E-state index in [1.807, 2.05) is 0 Å². The molecule has 3 nitrogen and oxygen atoms in total. The smallest absolute Gasteiger partial charge is 0.372 e. The Hall–Kier alpha value is -0.850. The molecule has 2 atom stereocenters. The average Bonchev–Trinajstić information content (AvgIpc) is 2.28. The molecule has 0 radical (unpaired) electrons. The van der Waals surface area contributed by atoms with Crippen molar-refractivity contribution in [1.29, 1.82) is 0 Å². The first-order chi connectivity index (χ1) is 7.93. The second-order valence-corrected chi connectivity index (χ2v) is 4.01. The van der Waals surface area contributed by atoms with E-state index in [1.165, 1.54) is 6.20 Å². The molecule has 2 rings (SSSR count). The molecular formula is C11H14ClF3N2O. The van der Waals surface area contributed by atoms with Gasteiger partial charge in [-0.1, -0.05) is 0 Å². The van der Waals surface area contributed by atoms with E-state index in [9.17, 15) is 13.2 Å². The Bertz CT molecular complexity index is 425. The molecule has 1 aliphatic heterocycles. The molecule has 0 spiro atoms. The maximum Gasteiger partial charge on any atom is 0.433 e. The van der Waals surface area contributed by atoms with Gasteiger partial charge in [0.1, 0.15) is 5.69 Å². The number of likely N-dealkylation sites (N-methyl/N-ethyl adjacent to an activating group) is 1. The van der Waals surface area contributed by atoms with Crippen LogP contribution in [0.4, 0.5) is 13.2 Å². The number of hydrogen-bond acceptors (Lipinski definition) is 3. The molecule has 7 heteroatoms. The SMILES string of the molecule is CNC1CO[C@H](C)c2cc(C(F)(F)F)ncc21.Cl. The van der Waals surface area contributed by atoms with Crippen LogP contribution in [-0.4, -0.2) is 18.6 Å². The molecule has 1 aromatic heterocycles. The molecule has 1 N–H and O–H groups in total. The number of nitrogens with zero attached hydrogens (tertiary/aromatic N) is 1. The molecule has 1 unspecified atom stereocenters. The first kappa shape index (κ1) is 15.2. The third kappa shape index (κ3) is 2.76. The maximum atomic E-state index is 12.5. The highest BCUT2D eigenvalue weighted by Crippen LogP contribution is 2.35. The van der Waals surface area contributed by atoms with E-state index in [1.54, 1.807) is 14.0 Å². The van der Waals surface area contributed by atoms with Gasteiger partial charge in [-0.2, -0.15) is 13.2 Å². The number of fused-ring (bicyclic) bond motifs is 1. The summed E-state index contributed by atoms with van der Waals surface area (Å²) in [6, 6.07) is 0.972. The summed E-state index contributed by atoms with van der Waals surface area (Å²) in [6.45, 7) is 2.18. The van der Waals surface area contributed by atoms with Crippen molar-refractivity contribution >= 4 is 12.4 Å². The highest BCUT2D eigenvalue weighted by molar-refractivity contribution is 5.85. The minimum absolute atomic E-state index is 0. The van der Waals surface area contributed by atoms with Crippen LogP contribution in [-0.2, 0) is 10.9 Å². The van der Waals surface area contributed by atoms with Crippen LogP contribution in [0.3, 0.4) is 0 Å². The summed E-state index contributed by atoms with van der Waals surface area (Å²) in [4.78, 5) is 3.48. The van der Waals surface area contributed by atoms with Crippen LogP contribution in [0.15, 0.2) is 12.3 Å². The van der Waals surface area contributed by atoms with Crippen LogP contribution in [0.1, 0.15) is 35.9 Å². The molecule has 0 fully saturated rings. The molecule has 102 valence electrons. The lowest BCUT2D eigenvalue weighted by Gasteiger charge is -2.30. The summed E-state index contributed by atoms with van der Waals surface area (Å²) in [5.41, 5.74) is 0.459. The summed E-state index contributed by atoms with van der Waals surface area (Å²) in [6.07, 6.45) is -3.46. The minimum atomic E-state index is -4.42. The van der Waals surface area contributed by atoms with Crippen LogP contribution in [0.5, 0.6) is 0 Å². The number of rotatable bonds is 1. The molecule has 2 heterocycles. The van der Waals surface area contributed by atoms with Gasteiger partial charge in [-0.15, -0.1) is 12.4 Å². The third-order valence-electron chi connectivity index (χ3n) is 2.93. The lowest BCUT2D eigenvalue weighted by atomic mass is 9.96. The van der Waals surface area contributed by atoms with Gasteiger partial charge in [0.15, 0.2) is 0 Å². The van der Waals surface area contributed by atoms with Crippen molar-refractivity contribution in [3.63, 3.8) is 0 Å². The van der Waals surface area contributed by atoms with E-state index in [-0.39, 0.29) is 24.6 Å². The topological polar surface area (TPSA) is 34.1 Å². The molecule has 1 aliphatic rings. The van der Waals surface area contributed by atoms with Gasteiger partial charge in [0.2, 0.25) is 0 Å². The van der Waals surface area contributed by atoms with Gasteiger partial charge in [-0.3, -0.25) is 4.98 Å². The second-order valence-electron chi connectivity index (χ2n) is 4.01. The zero-order chi connectivity index (χ0) is 12.6. The molecule has 0 saturated carbocycles. The van der Waals surface area contributed by atoms with Crippen molar-refractivity contribution in [2.45, 2.75) is 25.2 Å². The van der Waals surface area contributed by atoms with Crippen molar-refractivity contribution in [3.8, 4) is 0 Å². The number of hydrogen-bond donors (Lipinski definition) is 1. The fourth-order valence-electron chi connectivity index (χ4n) is 1.94. The quantitative estimate of drug-likeness (QED) is 0.860. The van der Waals surface area contributed by atoms with Crippen LogP contribution < -0.4 is 5.32 Å². The third-order valence-corrected chi connectivity index (χ3v) is 2.93. The summed E-state index contributed by atoms with van der Waals surface area (Å²) < 4.78 is 43.1. The molecule has 0 bridgehead atoms. The molecule has 0 amide bonds. The van der Waals surface area contributed by atoms with Gasteiger partial charge in [0.25, 0.3) is 0 Å². The van der Waals surface area contributed by atoms with E-state index >= 15 is 0 Å². The predicted molar refractivity (Wildman–Crippen MR) is 62.7 cm³/mol. The van der Waals surface area contributed by atoms with Gasteiger partial charge in [-0.25, -0.2) is 0 Å². The standard InChI is InChI=1S/C11H13F3N2O.ClH/c1-6-7-3-10(11(12,13)14)16-4-8(7)9(15-2)5-17-6;/h3-4,6,9,15H,5H2,1-2H3;1H/t6-,9?;/m1./s1. The van der Waals surface area contributed by atoms with Crippen LogP contribution in [0.2, 0.25) is 0 Å². The summed E-state index contributed by atoms with van der Waals surface area (Å²) in [5.74, 6) is 0. The van der Waals surface area contributed by atoms with E-state index in [0.29, 0.717) is 12.2 Å². The number of nitrogens with one attached hydrogen (secondary N) is 1. The van der Waals surface area contributed by atoms with Crippen molar-refractivity contribution in [1.82, 2.24) is 10.3 Å². The summed E-state index contributed by atoms with van der Waals surface area (Å²) in [5, 5.41) is 2.99. The maximum absolute atomic E-state index is 12.5. The first-order valence-corrected chi connectivity index (χ1v) is 5.29. The van der Waals surface area contributed by atoms with Gasteiger partial charge in [0.05, 0.1) is 18.8 Å². The summed E-state index contributed by atoms with van der Waals surface area (Å²) in [7, 11) is 1.74. The monoisotopic (exact) mass is 282 g/mol. The molecule has 0 aliphatic carbocycles. The Morgan fingerprint density at radius 2 is 2.06 bits per heavy atom. The molecule has 0 aromatic carbocycles. The van der Waals surface area contributed by atoms with Crippen LogP contribution >= 0.6 is 12.4 Å². The average molecular weight is 283 g/mol. The zero-order valence-corrected chi connectivity index (χ0v) is 10.7. The first-order valence-electron chi connectivity index (χ1n) is 5.29. The Morgan fingerprint density at radius 3 is 2.61 bits per heavy atom. The Labute approximate surface area is 109 Å². The van der Waals surface area contributed by atoms with Gasteiger partial charge < -0.3 is 10.1 Å². The summed E-state index contributed by atoms with van der Waals surface area (Å²) >= 11 is 0. The lowest BCUT2D eigenvalue weighted by Crippen LogP contribution is -2.29. The predicted octanol–water partition coefficient (Wildman–Crippen LogP) is 2.87. The number of alkyl halides is 3. The van der Waals surface area contributed by atoms with Crippen molar-refractivity contribution in [3.05, 3.63) is 29.1 Å². The molecule has 0 saturated heterocycles. The number of aromatic nitrogens is 1. The fraction of sp³-hybridized carbons (Fsp3) is 0.545. The van der Waals surface area contributed by atoms with E-state index in [0.717, 1.165) is 11.6 Å². The zero-order valence-electron chi connectivity index (χ0n) is 9.91. The minimum Gasteiger partial charge on any atom is -0.372 e. The van der Waals surface area contributed by atoms with Gasteiger partial charge >= 0.3 is 6.18 Å². The molecule has 18 heavy (non-hydrogen) atoms. The largest absolute Gasteiger partial charge is 0.433 e. The van der Waals surface area contributed by atoms with Crippen molar-refractivity contribution < 1.29 is 17.9 Å². The highest BCUT2D eigenvalue weighted by atomic mass is 35.5. The van der Waals surface area contributed by atoms with Gasteiger partial charge in [-0.05, 0) is 31.2 Å². The van der Waals surface area contributed by atoms with E-state index < -0.39 is 11.9 Å². The number of pyridine rings is 1. The Kier molecular flexibility index (Phi) is 4.58. The Morgan fingerprint density at radius 1 is 1.39 bits per heavy atom. The van der Waals surface area contributed by atoms with Crippen molar-refractivity contribution in [2.24, 2.45) is 0 Å². The van der Waals surface area contributed by atoms with E-state index in [4.69, 9.17) is 4.74 Å². The Balaban J connectivity index is 0.00000162. The van der Waals surface area contributed by atoms with Crippen LogP contribution in [0.25, 0.3) is 0 Å². The highest BCUT2D eigenvalue weighted by Gasteiger charge is 2.35. The van der Waals surface area contributed by atoms with Gasteiger partial charge in [0, 0.05) is 6.20 Å².